The van der Waals surface area contributed by atoms with Crippen molar-refractivity contribution in [2.24, 2.45) is 11.3 Å². The van der Waals surface area contributed by atoms with Crippen LogP contribution in [0.25, 0.3) is 0 Å². The summed E-state index contributed by atoms with van der Waals surface area (Å²) >= 11 is 0. The van der Waals surface area contributed by atoms with E-state index < -0.39 is 86.1 Å². The summed E-state index contributed by atoms with van der Waals surface area (Å²) < 4.78 is 68.7. The number of carbonyl (C=O) groups is 3. The molecule has 37 heavy (non-hydrogen) atoms. The van der Waals surface area contributed by atoms with Gasteiger partial charge in [-0.15, -0.1) is 13.2 Å². The lowest BCUT2D eigenvalue weighted by Crippen LogP contribution is -2.58. The van der Waals surface area contributed by atoms with E-state index in [0.29, 0.717) is 13.0 Å². The smallest absolute Gasteiger partial charge is 0.389 e. The highest BCUT2D eigenvalue weighted by molar-refractivity contribution is 5.92. The quantitative estimate of drug-likeness (QED) is 0.342. The number of nitrogens with one attached hydrogen (secondary N) is 2. The van der Waals surface area contributed by atoms with Crippen LogP contribution in [0.15, 0.2) is 0 Å². The van der Waals surface area contributed by atoms with Crippen molar-refractivity contribution in [3.05, 3.63) is 0 Å². The number of carbonyl (C=O) groups excluding carboxylic acids is 3. The molecule has 2 aliphatic carbocycles. The molecule has 2 aliphatic heterocycles. The summed E-state index contributed by atoms with van der Waals surface area (Å²) in [4.78, 5) is 39.9. The van der Waals surface area contributed by atoms with E-state index in [1.54, 1.807) is 0 Å². The number of halogens is 5. The van der Waals surface area contributed by atoms with E-state index in [1.807, 2.05) is 0 Å². The van der Waals surface area contributed by atoms with Gasteiger partial charge in [-0.3, -0.25) is 19.1 Å². The number of hydrogen-bond donors (Lipinski definition) is 4. The molecule has 0 aromatic carbocycles. The van der Waals surface area contributed by atoms with Crippen molar-refractivity contribution < 1.29 is 51.3 Å². The molecule has 2 heterocycles. The van der Waals surface area contributed by atoms with Crippen molar-refractivity contribution in [3.63, 3.8) is 0 Å². The van der Waals surface area contributed by atoms with Gasteiger partial charge in [0.2, 0.25) is 17.7 Å². The average molecular weight is 542 g/mol. The zero-order valence-corrected chi connectivity index (χ0v) is 20.2. The lowest BCUT2D eigenvalue weighted by Gasteiger charge is -2.38. The van der Waals surface area contributed by atoms with Crippen LogP contribution in [-0.4, -0.2) is 88.6 Å². The fraction of sp³-hybridized carbons (Fsp3) is 0.870. The maximum absolute atomic E-state index is 13.6. The summed E-state index contributed by atoms with van der Waals surface area (Å²) in [6, 6.07) is -2.38. The molecular weight excluding hydrogens is 509 g/mol. The lowest BCUT2D eigenvalue weighted by atomic mass is 9.81. The number of aliphatic hydroxyl groups excluding tert-OH is 1. The fourth-order valence-electron chi connectivity index (χ4n) is 5.62. The molecule has 9 nitrogen and oxygen atoms in total. The van der Waals surface area contributed by atoms with E-state index in [1.165, 1.54) is 4.90 Å². The van der Waals surface area contributed by atoms with Crippen LogP contribution < -0.4 is 10.6 Å². The molecule has 4 atom stereocenters. The summed E-state index contributed by atoms with van der Waals surface area (Å²) in [6.45, 7) is -0.670. The van der Waals surface area contributed by atoms with E-state index in [-0.39, 0.29) is 30.7 Å². The predicted octanol–water partition coefficient (Wildman–Crippen LogP) is 1.22. The highest BCUT2D eigenvalue weighted by Gasteiger charge is 2.58. The molecule has 0 aromatic heterocycles. The minimum Gasteiger partial charge on any atom is -0.389 e. The normalized spacial score (nSPS) is 29.6. The average Bonchev–Trinajstić information content (AvgIpc) is 3.28. The van der Waals surface area contributed by atoms with Crippen molar-refractivity contribution in [2.75, 3.05) is 19.7 Å². The summed E-state index contributed by atoms with van der Waals surface area (Å²) in [6.07, 6.45) is -7.14. The summed E-state index contributed by atoms with van der Waals surface area (Å²) in [5.41, 5.74) is -2.38. The third-order valence-electron chi connectivity index (χ3n) is 8.15. The Hall–Kier alpha value is -2.06. The van der Waals surface area contributed by atoms with Crippen LogP contribution in [0, 0.1) is 11.3 Å². The summed E-state index contributed by atoms with van der Waals surface area (Å²) in [5, 5.41) is 26.4. The second-order valence-electron chi connectivity index (χ2n) is 11.0. The second kappa shape index (κ2) is 9.92. The first-order valence-corrected chi connectivity index (χ1v) is 12.5. The third-order valence-corrected chi connectivity index (χ3v) is 8.15. The molecular formula is C23H32F5N3O6. The van der Waals surface area contributed by atoms with Crippen LogP contribution in [0.3, 0.4) is 0 Å². The Labute approximate surface area is 210 Å². The number of ether oxygens (including phenoxy) is 1. The number of amides is 3. The number of rotatable bonds is 8. The van der Waals surface area contributed by atoms with Gasteiger partial charge in [-0.1, -0.05) is 0 Å². The third kappa shape index (κ3) is 6.51. The molecule has 4 N–H and O–H groups in total. The van der Waals surface area contributed by atoms with Gasteiger partial charge < -0.3 is 25.7 Å². The largest absolute Gasteiger partial charge is 0.522 e. The molecule has 4 fully saturated rings. The van der Waals surface area contributed by atoms with Crippen LogP contribution in [-0.2, 0) is 19.1 Å². The summed E-state index contributed by atoms with van der Waals surface area (Å²) in [5.74, 6) is -5.56. The molecule has 1 unspecified atom stereocenters. The Morgan fingerprint density at radius 2 is 1.81 bits per heavy atom. The van der Waals surface area contributed by atoms with Gasteiger partial charge in [-0.05, 0) is 50.4 Å². The van der Waals surface area contributed by atoms with Crippen LogP contribution in [0.5, 0.6) is 0 Å². The summed E-state index contributed by atoms with van der Waals surface area (Å²) in [7, 11) is 0. The SMILES string of the molecule is O=C1NCC[C@H]1C[C@H](NC(=O)[C@@H]1CC2(CC2)CN1C(=O)C1(O)CCC(F)(F)CC1)C(O)COC(F)(F)F. The Kier molecular flexibility index (Phi) is 7.49. The van der Waals surface area contributed by atoms with Crippen molar-refractivity contribution in [1.82, 2.24) is 15.5 Å². The van der Waals surface area contributed by atoms with Crippen LogP contribution >= 0.6 is 0 Å². The molecule has 2 saturated heterocycles. The molecule has 0 radical (unpaired) electrons. The van der Waals surface area contributed by atoms with Gasteiger partial charge in [-0.2, -0.15) is 0 Å². The zero-order valence-electron chi connectivity index (χ0n) is 20.2. The van der Waals surface area contributed by atoms with E-state index in [9.17, 15) is 46.5 Å². The number of aliphatic hydroxyl groups is 2. The van der Waals surface area contributed by atoms with Gasteiger partial charge >= 0.3 is 6.36 Å². The van der Waals surface area contributed by atoms with Gasteiger partial charge in [-0.25, -0.2) is 8.78 Å². The monoisotopic (exact) mass is 541 g/mol. The van der Waals surface area contributed by atoms with E-state index in [4.69, 9.17) is 0 Å². The number of hydrogen-bond acceptors (Lipinski definition) is 6. The standard InChI is InChI=1S/C23H32F5N3O6/c24-22(25)6-4-21(36,5-7-22)19(35)31-12-20(2-3-20)10-15(31)18(34)30-14(9-13-1-8-29-17(13)33)16(32)11-37-23(26,27)28/h13-16,32,36H,1-12H2,(H,29,33)(H,30,34)/t13-,14-,15-,16?/m0/s1. The van der Waals surface area contributed by atoms with Gasteiger partial charge in [0.1, 0.15) is 11.6 Å². The molecule has 210 valence electrons. The van der Waals surface area contributed by atoms with E-state index in [2.05, 4.69) is 15.4 Å². The highest BCUT2D eigenvalue weighted by Crippen LogP contribution is 2.55. The van der Waals surface area contributed by atoms with Gasteiger partial charge in [0, 0.05) is 31.8 Å². The van der Waals surface area contributed by atoms with Gasteiger partial charge in [0.05, 0.1) is 18.8 Å². The molecule has 4 rings (SSSR count). The first-order valence-electron chi connectivity index (χ1n) is 12.5. The minimum atomic E-state index is -5.01. The topological polar surface area (TPSA) is 128 Å². The number of likely N-dealkylation sites (tertiary alicyclic amines) is 1. The Morgan fingerprint density at radius 1 is 1.16 bits per heavy atom. The first-order chi connectivity index (χ1) is 17.1. The molecule has 1 spiro atoms. The molecule has 4 aliphatic rings. The lowest BCUT2D eigenvalue weighted by molar-refractivity contribution is -0.331. The maximum atomic E-state index is 13.6. The molecule has 0 bridgehead atoms. The Bertz CT molecular complexity index is 902. The van der Waals surface area contributed by atoms with Crippen molar-refractivity contribution >= 4 is 17.7 Å². The van der Waals surface area contributed by atoms with Crippen LogP contribution in [0.2, 0.25) is 0 Å². The zero-order chi connectivity index (χ0) is 27.2. The van der Waals surface area contributed by atoms with Gasteiger partial charge in [0.15, 0.2) is 0 Å². The Morgan fingerprint density at radius 3 is 2.35 bits per heavy atom. The molecule has 2 saturated carbocycles. The van der Waals surface area contributed by atoms with Crippen molar-refractivity contribution in [3.8, 4) is 0 Å². The van der Waals surface area contributed by atoms with Gasteiger partial charge in [0.25, 0.3) is 5.91 Å². The molecule has 3 amide bonds. The van der Waals surface area contributed by atoms with Crippen molar-refractivity contribution in [2.45, 2.75) is 93.9 Å². The molecule has 0 aromatic rings. The maximum Gasteiger partial charge on any atom is 0.522 e. The van der Waals surface area contributed by atoms with Crippen LogP contribution in [0.1, 0.15) is 57.8 Å². The first kappa shape index (κ1) is 28.0. The van der Waals surface area contributed by atoms with E-state index in [0.717, 1.165) is 12.8 Å². The Balaban J connectivity index is 1.48. The number of alkyl halides is 5. The highest BCUT2D eigenvalue weighted by atomic mass is 19.4. The minimum absolute atomic E-state index is 0.148. The molecule has 14 heteroatoms. The van der Waals surface area contributed by atoms with Crippen molar-refractivity contribution in [1.29, 1.82) is 0 Å². The predicted molar refractivity (Wildman–Crippen MR) is 116 cm³/mol. The van der Waals surface area contributed by atoms with E-state index >= 15 is 0 Å². The number of nitrogens with zero attached hydrogens (tertiary/aromatic N) is 1. The van der Waals surface area contributed by atoms with Crippen LogP contribution in [0.4, 0.5) is 22.0 Å². The fourth-order valence-corrected chi connectivity index (χ4v) is 5.62. The second-order valence-corrected chi connectivity index (χ2v) is 11.0.